The van der Waals surface area contributed by atoms with Crippen molar-refractivity contribution in [1.82, 2.24) is 30.6 Å². The van der Waals surface area contributed by atoms with Crippen molar-refractivity contribution < 1.29 is 19.1 Å². The number of fused-ring (bicyclic) bond motifs is 1. The lowest BCUT2D eigenvalue weighted by Gasteiger charge is -2.12. The van der Waals surface area contributed by atoms with Gasteiger partial charge in [0, 0.05) is 23.4 Å². The number of hydrazine groups is 1. The van der Waals surface area contributed by atoms with E-state index in [1.807, 2.05) is 25.1 Å². The number of aryl methyl sites for hydroxylation is 1. The summed E-state index contributed by atoms with van der Waals surface area (Å²) >= 11 is 0. The van der Waals surface area contributed by atoms with Gasteiger partial charge in [0.05, 0.1) is 30.9 Å². The van der Waals surface area contributed by atoms with Crippen molar-refractivity contribution in [1.29, 1.82) is 0 Å². The molecule has 178 valence electrons. The highest BCUT2D eigenvalue weighted by molar-refractivity contribution is 6.08. The minimum Gasteiger partial charge on any atom is -0.493 e. The zero-order chi connectivity index (χ0) is 24.5. The van der Waals surface area contributed by atoms with E-state index in [1.165, 1.54) is 20.3 Å². The highest BCUT2D eigenvalue weighted by Gasteiger charge is 2.29. The lowest BCUT2D eigenvalue weighted by atomic mass is 10.1. The number of benzene rings is 1. The Bertz CT molecular complexity index is 1430. The molecule has 10 nitrogen and oxygen atoms in total. The minimum atomic E-state index is -0.493. The lowest BCUT2D eigenvalue weighted by molar-refractivity contribution is 0.0847. The van der Waals surface area contributed by atoms with Crippen LogP contribution in [0.5, 0.6) is 11.5 Å². The first-order valence-corrected chi connectivity index (χ1v) is 11.1. The third-order valence-electron chi connectivity index (χ3n) is 5.87. The summed E-state index contributed by atoms with van der Waals surface area (Å²) in [4.78, 5) is 35.2. The van der Waals surface area contributed by atoms with Crippen molar-refractivity contribution in [2.75, 3.05) is 14.2 Å². The van der Waals surface area contributed by atoms with E-state index in [0.717, 1.165) is 18.5 Å². The molecule has 1 fully saturated rings. The second-order valence-electron chi connectivity index (χ2n) is 8.23. The molecule has 1 aliphatic carbocycles. The molecule has 0 unspecified atom stereocenters. The SMILES string of the molecule is COc1ccc(C(=O)NNC(=O)c2cc(C3CC3)nc3c2c(C)nn3-c2ccccn2)cc1OC. The number of ether oxygens (including phenoxy) is 2. The summed E-state index contributed by atoms with van der Waals surface area (Å²) in [7, 11) is 3.00. The number of rotatable bonds is 6. The van der Waals surface area contributed by atoms with Gasteiger partial charge in [-0.2, -0.15) is 9.78 Å². The fourth-order valence-electron chi connectivity index (χ4n) is 3.94. The maximum absolute atomic E-state index is 13.3. The molecule has 1 aliphatic rings. The smallest absolute Gasteiger partial charge is 0.270 e. The molecule has 3 aromatic heterocycles. The van der Waals surface area contributed by atoms with E-state index >= 15 is 0 Å². The molecule has 0 aliphatic heterocycles. The Balaban J connectivity index is 1.46. The van der Waals surface area contributed by atoms with Gasteiger partial charge in [0.25, 0.3) is 11.8 Å². The van der Waals surface area contributed by atoms with E-state index in [4.69, 9.17) is 14.5 Å². The van der Waals surface area contributed by atoms with E-state index in [1.54, 1.807) is 29.1 Å². The van der Waals surface area contributed by atoms with Gasteiger partial charge in [0.2, 0.25) is 0 Å². The molecule has 2 amide bonds. The maximum atomic E-state index is 13.3. The Hall–Kier alpha value is -4.47. The average Bonchev–Trinajstić information content (AvgIpc) is 3.70. The van der Waals surface area contributed by atoms with Crippen LogP contribution in [-0.2, 0) is 0 Å². The topological polar surface area (TPSA) is 120 Å². The van der Waals surface area contributed by atoms with Crippen LogP contribution in [0.15, 0.2) is 48.7 Å². The summed E-state index contributed by atoms with van der Waals surface area (Å²) in [6.45, 7) is 1.82. The summed E-state index contributed by atoms with van der Waals surface area (Å²) in [5, 5.41) is 5.21. The number of aromatic nitrogens is 4. The fraction of sp³-hybridized carbons (Fsp3) is 0.240. The van der Waals surface area contributed by atoms with Gasteiger partial charge in [0.1, 0.15) is 0 Å². The fourth-order valence-corrected chi connectivity index (χ4v) is 3.94. The normalized spacial score (nSPS) is 12.9. The van der Waals surface area contributed by atoms with E-state index in [0.29, 0.717) is 51.1 Å². The van der Waals surface area contributed by atoms with E-state index in [-0.39, 0.29) is 0 Å². The number of pyridine rings is 2. The van der Waals surface area contributed by atoms with Crippen LogP contribution >= 0.6 is 0 Å². The first kappa shape index (κ1) is 22.3. The van der Waals surface area contributed by atoms with Crippen LogP contribution < -0.4 is 20.3 Å². The van der Waals surface area contributed by atoms with Gasteiger partial charge in [0.15, 0.2) is 23.0 Å². The van der Waals surface area contributed by atoms with E-state index in [9.17, 15) is 9.59 Å². The quantitative estimate of drug-likeness (QED) is 0.414. The summed E-state index contributed by atoms with van der Waals surface area (Å²) in [5.41, 5.74) is 7.72. The largest absolute Gasteiger partial charge is 0.493 e. The Morgan fingerprint density at radius 2 is 1.77 bits per heavy atom. The predicted octanol–water partition coefficient (Wildman–Crippen LogP) is 3.09. The Labute approximate surface area is 201 Å². The number of carbonyl (C=O) groups is 2. The van der Waals surface area contributed by atoms with Gasteiger partial charge in [-0.15, -0.1) is 0 Å². The third kappa shape index (κ3) is 4.25. The van der Waals surface area contributed by atoms with Gasteiger partial charge >= 0.3 is 0 Å². The molecule has 1 aromatic carbocycles. The highest BCUT2D eigenvalue weighted by atomic mass is 16.5. The van der Waals surface area contributed by atoms with Crippen molar-refractivity contribution in [3.8, 4) is 17.3 Å². The number of nitrogens with zero attached hydrogens (tertiary/aromatic N) is 4. The van der Waals surface area contributed by atoms with Gasteiger partial charge in [-0.25, -0.2) is 9.97 Å². The molecule has 0 spiro atoms. The van der Waals surface area contributed by atoms with Gasteiger partial charge in [-0.05, 0) is 56.2 Å². The van der Waals surface area contributed by atoms with E-state index in [2.05, 4.69) is 20.9 Å². The van der Waals surface area contributed by atoms with E-state index < -0.39 is 11.8 Å². The molecule has 0 radical (unpaired) electrons. The monoisotopic (exact) mass is 472 g/mol. The summed E-state index contributed by atoms with van der Waals surface area (Å²) in [6.07, 6.45) is 3.72. The van der Waals surface area contributed by atoms with Crippen LogP contribution in [0.1, 0.15) is 50.9 Å². The average molecular weight is 473 g/mol. The minimum absolute atomic E-state index is 0.305. The molecular formula is C25H24N6O4. The molecule has 5 rings (SSSR count). The first-order chi connectivity index (χ1) is 17.0. The number of hydrogen-bond donors (Lipinski definition) is 2. The Kier molecular flexibility index (Phi) is 5.77. The molecule has 0 atom stereocenters. The number of methoxy groups -OCH3 is 2. The van der Waals surface area contributed by atoms with Crippen LogP contribution in [0, 0.1) is 6.92 Å². The van der Waals surface area contributed by atoms with Crippen LogP contribution in [0.25, 0.3) is 16.9 Å². The molecular weight excluding hydrogens is 448 g/mol. The molecule has 0 saturated heterocycles. The molecule has 2 N–H and O–H groups in total. The van der Waals surface area contributed by atoms with Crippen LogP contribution in [0.4, 0.5) is 0 Å². The van der Waals surface area contributed by atoms with Crippen LogP contribution in [0.3, 0.4) is 0 Å². The number of amides is 2. The first-order valence-electron chi connectivity index (χ1n) is 11.1. The summed E-state index contributed by atoms with van der Waals surface area (Å²) < 4.78 is 12.1. The van der Waals surface area contributed by atoms with Crippen molar-refractivity contribution in [2.24, 2.45) is 0 Å². The van der Waals surface area contributed by atoms with Crippen molar-refractivity contribution in [3.05, 3.63) is 71.2 Å². The number of nitrogens with one attached hydrogen (secondary N) is 2. The molecule has 3 heterocycles. The summed E-state index contributed by atoms with van der Waals surface area (Å²) in [6, 6.07) is 12.1. The summed E-state index contributed by atoms with van der Waals surface area (Å²) in [5.74, 6) is 0.873. The Morgan fingerprint density at radius 1 is 1.00 bits per heavy atom. The molecule has 35 heavy (non-hydrogen) atoms. The molecule has 1 saturated carbocycles. The second-order valence-corrected chi connectivity index (χ2v) is 8.23. The zero-order valence-electron chi connectivity index (χ0n) is 19.5. The standard InChI is InChI=1S/C25H24N6O4/c1-14-22-17(25(33)29-28-24(32)16-9-10-19(34-2)20(12-16)35-3)13-18(15-7-8-15)27-23(22)31(30-14)21-6-4-5-11-26-21/h4-6,9-13,15H,7-8H2,1-3H3,(H,28,32)(H,29,33). The van der Waals surface area contributed by atoms with Crippen LogP contribution in [-0.4, -0.2) is 45.8 Å². The second kappa shape index (κ2) is 9.05. The third-order valence-corrected chi connectivity index (χ3v) is 5.87. The molecule has 10 heteroatoms. The number of carbonyl (C=O) groups excluding carboxylic acids is 2. The van der Waals surface area contributed by atoms with Crippen molar-refractivity contribution in [3.63, 3.8) is 0 Å². The van der Waals surface area contributed by atoms with Crippen molar-refractivity contribution >= 4 is 22.8 Å². The van der Waals surface area contributed by atoms with Gasteiger partial charge in [-0.3, -0.25) is 20.4 Å². The Morgan fingerprint density at radius 3 is 2.46 bits per heavy atom. The lowest BCUT2D eigenvalue weighted by Crippen LogP contribution is -2.41. The highest BCUT2D eigenvalue weighted by Crippen LogP contribution is 2.40. The van der Waals surface area contributed by atoms with Gasteiger partial charge < -0.3 is 9.47 Å². The van der Waals surface area contributed by atoms with Crippen molar-refractivity contribution in [2.45, 2.75) is 25.7 Å². The maximum Gasteiger partial charge on any atom is 0.270 e. The molecule has 0 bridgehead atoms. The van der Waals surface area contributed by atoms with Gasteiger partial charge in [-0.1, -0.05) is 6.07 Å². The zero-order valence-corrected chi connectivity index (χ0v) is 19.5. The number of hydrogen-bond acceptors (Lipinski definition) is 7. The van der Waals surface area contributed by atoms with Crippen LogP contribution in [0.2, 0.25) is 0 Å². The predicted molar refractivity (Wildman–Crippen MR) is 128 cm³/mol. The molecule has 4 aromatic rings.